The molecule has 0 radical (unpaired) electrons. The molecule has 102 valence electrons. The lowest BCUT2D eigenvalue weighted by atomic mass is 9.73. The van der Waals surface area contributed by atoms with Crippen molar-refractivity contribution in [2.24, 2.45) is 5.41 Å². The second-order valence-electron chi connectivity index (χ2n) is 6.00. The van der Waals surface area contributed by atoms with Gasteiger partial charge in [0.2, 0.25) is 0 Å². The van der Waals surface area contributed by atoms with E-state index in [2.05, 4.69) is 37.9 Å². The molecular formula is C15H32N2. The first-order chi connectivity index (χ1) is 8.13. The zero-order valence-electron chi connectivity index (χ0n) is 12.4. The van der Waals surface area contributed by atoms with E-state index in [1.165, 1.54) is 51.7 Å². The van der Waals surface area contributed by atoms with Gasteiger partial charge in [-0.15, -0.1) is 0 Å². The standard InChI is InChI=1S/C15H32N2/c1-5-16-12-15(10-8-7-9-11-15)13-17(6-2)14(3)4/h14,16H,5-13H2,1-4H3. The third-order valence-corrected chi connectivity index (χ3v) is 4.34. The normalized spacial score (nSPS) is 20.1. The molecule has 0 aliphatic heterocycles. The molecule has 2 nitrogen and oxygen atoms in total. The number of nitrogens with zero attached hydrogens (tertiary/aromatic N) is 1. The van der Waals surface area contributed by atoms with Crippen LogP contribution in [0.2, 0.25) is 0 Å². The van der Waals surface area contributed by atoms with Gasteiger partial charge >= 0.3 is 0 Å². The molecule has 1 saturated carbocycles. The lowest BCUT2D eigenvalue weighted by Gasteiger charge is -2.42. The van der Waals surface area contributed by atoms with E-state index >= 15 is 0 Å². The van der Waals surface area contributed by atoms with Gasteiger partial charge in [0, 0.05) is 19.1 Å². The second kappa shape index (κ2) is 7.38. The van der Waals surface area contributed by atoms with Gasteiger partial charge in [0.25, 0.3) is 0 Å². The van der Waals surface area contributed by atoms with Crippen LogP contribution in [0, 0.1) is 5.41 Å². The number of hydrogen-bond acceptors (Lipinski definition) is 2. The molecule has 1 aliphatic carbocycles. The van der Waals surface area contributed by atoms with Crippen molar-refractivity contribution in [3.05, 3.63) is 0 Å². The van der Waals surface area contributed by atoms with E-state index in [9.17, 15) is 0 Å². The molecule has 1 N–H and O–H groups in total. The van der Waals surface area contributed by atoms with Crippen LogP contribution in [0.25, 0.3) is 0 Å². The molecule has 0 amide bonds. The molecule has 0 aromatic heterocycles. The van der Waals surface area contributed by atoms with Crippen molar-refractivity contribution in [1.82, 2.24) is 10.2 Å². The van der Waals surface area contributed by atoms with Gasteiger partial charge < -0.3 is 10.2 Å². The van der Waals surface area contributed by atoms with Crippen LogP contribution in [0.15, 0.2) is 0 Å². The summed E-state index contributed by atoms with van der Waals surface area (Å²) in [5.41, 5.74) is 0.550. The third kappa shape index (κ3) is 4.59. The SMILES string of the molecule is CCNCC1(CN(CC)C(C)C)CCCCC1. The molecule has 0 saturated heterocycles. The van der Waals surface area contributed by atoms with Gasteiger partial charge in [-0.2, -0.15) is 0 Å². The van der Waals surface area contributed by atoms with E-state index in [1.807, 2.05) is 0 Å². The summed E-state index contributed by atoms with van der Waals surface area (Å²) in [6.07, 6.45) is 7.15. The summed E-state index contributed by atoms with van der Waals surface area (Å²) in [5.74, 6) is 0. The molecule has 0 aromatic rings. The van der Waals surface area contributed by atoms with E-state index in [1.54, 1.807) is 0 Å². The maximum absolute atomic E-state index is 3.60. The summed E-state index contributed by atoms with van der Waals surface area (Å²) in [6.45, 7) is 14.0. The average molecular weight is 240 g/mol. The highest BCUT2D eigenvalue weighted by Crippen LogP contribution is 2.36. The Morgan fingerprint density at radius 1 is 1.12 bits per heavy atom. The summed E-state index contributed by atoms with van der Waals surface area (Å²) in [5, 5.41) is 3.60. The molecule has 1 aliphatic rings. The minimum absolute atomic E-state index is 0.550. The predicted molar refractivity (Wildman–Crippen MR) is 76.4 cm³/mol. The highest BCUT2D eigenvalue weighted by molar-refractivity contribution is 4.88. The van der Waals surface area contributed by atoms with Crippen molar-refractivity contribution >= 4 is 0 Å². The molecular weight excluding hydrogens is 208 g/mol. The van der Waals surface area contributed by atoms with Crippen molar-refractivity contribution in [3.63, 3.8) is 0 Å². The summed E-state index contributed by atoms with van der Waals surface area (Å²) >= 11 is 0. The predicted octanol–water partition coefficient (Wildman–Crippen LogP) is 3.28. The summed E-state index contributed by atoms with van der Waals surface area (Å²) in [4.78, 5) is 2.64. The Bertz CT molecular complexity index is 195. The van der Waals surface area contributed by atoms with Crippen molar-refractivity contribution in [1.29, 1.82) is 0 Å². The molecule has 1 fully saturated rings. The molecule has 1 rings (SSSR count). The zero-order valence-corrected chi connectivity index (χ0v) is 12.4. The van der Waals surface area contributed by atoms with Gasteiger partial charge in [0.15, 0.2) is 0 Å². The minimum atomic E-state index is 0.550. The molecule has 2 heteroatoms. The second-order valence-corrected chi connectivity index (χ2v) is 6.00. The summed E-state index contributed by atoms with van der Waals surface area (Å²) in [6, 6.07) is 0.681. The monoisotopic (exact) mass is 240 g/mol. The smallest absolute Gasteiger partial charge is 0.00527 e. The molecule has 17 heavy (non-hydrogen) atoms. The molecule has 0 bridgehead atoms. The molecule has 0 unspecified atom stereocenters. The number of rotatable bonds is 7. The van der Waals surface area contributed by atoms with E-state index in [0.717, 1.165) is 6.54 Å². The fourth-order valence-electron chi connectivity index (χ4n) is 3.17. The molecule has 0 aromatic carbocycles. The first-order valence-electron chi connectivity index (χ1n) is 7.58. The van der Waals surface area contributed by atoms with Crippen LogP contribution in [0.5, 0.6) is 0 Å². The van der Waals surface area contributed by atoms with E-state index in [4.69, 9.17) is 0 Å². The lowest BCUT2D eigenvalue weighted by Crippen LogP contribution is -2.47. The molecule has 0 atom stereocenters. The zero-order chi connectivity index (χ0) is 12.7. The van der Waals surface area contributed by atoms with E-state index in [0.29, 0.717) is 11.5 Å². The number of nitrogens with one attached hydrogen (secondary N) is 1. The van der Waals surface area contributed by atoms with Gasteiger partial charge in [-0.1, -0.05) is 33.1 Å². The Morgan fingerprint density at radius 2 is 1.76 bits per heavy atom. The Morgan fingerprint density at radius 3 is 2.24 bits per heavy atom. The van der Waals surface area contributed by atoms with Crippen LogP contribution < -0.4 is 5.32 Å². The Labute approximate surface area is 108 Å². The Kier molecular flexibility index (Phi) is 6.50. The highest BCUT2D eigenvalue weighted by atomic mass is 15.2. The minimum Gasteiger partial charge on any atom is -0.316 e. The van der Waals surface area contributed by atoms with Crippen molar-refractivity contribution < 1.29 is 0 Å². The Balaban J connectivity index is 2.61. The van der Waals surface area contributed by atoms with Crippen LogP contribution in [0.3, 0.4) is 0 Å². The van der Waals surface area contributed by atoms with Gasteiger partial charge in [0.1, 0.15) is 0 Å². The molecule has 0 spiro atoms. The number of hydrogen-bond donors (Lipinski definition) is 1. The van der Waals surface area contributed by atoms with Crippen LogP contribution in [-0.2, 0) is 0 Å². The van der Waals surface area contributed by atoms with Gasteiger partial charge in [-0.05, 0) is 45.2 Å². The van der Waals surface area contributed by atoms with Crippen LogP contribution >= 0.6 is 0 Å². The van der Waals surface area contributed by atoms with E-state index < -0.39 is 0 Å². The first kappa shape index (κ1) is 15.0. The van der Waals surface area contributed by atoms with Crippen molar-refractivity contribution in [2.75, 3.05) is 26.2 Å². The summed E-state index contributed by atoms with van der Waals surface area (Å²) in [7, 11) is 0. The van der Waals surface area contributed by atoms with Gasteiger partial charge in [-0.25, -0.2) is 0 Å². The first-order valence-corrected chi connectivity index (χ1v) is 7.58. The van der Waals surface area contributed by atoms with Crippen LogP contribution in [0.1, 0.15) is 59.8 Å². The van der Waals surface area contributed by atoms with Gasteiger partial charge in [0.05, 0.1) is 0 Å². The fraction of sp³-hybridized carbons (Fsp3) is 1.00. The van der Waals surface area contributed by atoms with E-state index in [-0.39, 0.29) is 0 Å². The Hall–Kier alpha value is -0.0800. The molecule has 0 heterocycles. The summed E-state index contributed by atoms with van der Waals surface area (Å²) < 4.78 is 0. The van der Waals surface area contributed by atoms with Crippen LogP contribution in [-0.4, -0.2) is 37.1 Å². The fourth-order valence-corrected chi connectivity index (χ4v) is 3.17. The van der Waals surface area contributed by atoms with Crippen molar-refractivity contribution in [3.8, 4) is 0 Å². The highest BCUT2D eigenvalue weighted by Gasteiger charge is 2.33. The lowest BCUT2D eigenvalue weighted by molar-refractivity contribution is 0.0877. The van der Waals surface area contributed by atoms with Crippen LogP contribution in [0.4, 0.5) is 0 Å². The average Bonchev–Trinajstić information content (AvgIpc) is 2.34. The maximum atomic E-state index is 3.60. The quantitative estimate of drug-likeness (QED) is 0.735. The largest absolute Gasteiger partial charge is 0.316 e. The topological polar surface area (TPSA) is 15.3 Å². The van der Waals surface area contributed by atoms with Crippen molar-refractivity contribution in [2.45, 2.75) is 65.8 Å². The third-order valence-electron chi connectivity index (χ3n) is 4.34. The maximum Gasteiger partial charge on any atom is 0.00527 e. The van der Waals surface area contributed by atoms with Gasteiger partial charge in [-0.3, -0.25) is 0 Å².